The van der Waals surface area contributed by atoms with Crippen LogP contribution in [0.1, 0.15) is 20.3 Å². The number of hydrogen-bond donors (Lipinski definition) is 0. The second kappa shape index (κ2) is 6.20. The highest BCUT2D eigenvalue weighted by Gasteiger charge is 2.23. The topological polar surface area (TPSA) is 0 Å². The van der Waals surface area contributed by atoms with Crippen LogP contribution in [0.25, 0.3) is 0 Å². The van der Waals surface area contributed by atoms with Gasteiger partial charge in [0.05, 0.1) is 9.16 Å². The summed E-state index contributed by atoms with van der Waals surface area (Å²) in [5.41, 5.74) is 3.05. The molecule has 0 spiro atoms. The molecule has 0 nitrogen and oxygen atoms in total. The van der Waals surface area contributed by atoms with Gasteiger partial charge in [-0.15, -0.1) is 47.0 Å². The second-order valence-corrected chi connectivity index (χ2v) is 10.5. The van der Waals surface area contributed by atoms with Crippen molar-refractivity contribution in [1.82, 2.24) is 0 Å². The maximum atomic E-state index is 2.52. The molecule has 3 rings (SSSR count). The lowest BCUT2D eigenvalue weighted by molar-refractivity contribution is 1.29. The fourth-order valence-corrected chi connectivity index (χ4v) is 9.01. The van der Waals surface area contributed by atoms with Gasteiger partial charge in [-0.1, -0.05) is 12.1 Å². The first kappa shape index (κ1) is 13.3. The summed E-state index contributed by atoms with van der Waals surface area (Å²) >= 11 is 10.9. The van der Waals surface area contributed by atoms with E-state index in [2.05, 4.69) is 87.8 Å². The quantitative estimate of drug-likeness (QED) is 0.609. The Balaban J connectivity index is 1.82. The van der Waals surface area contributed by atoms with Crippen LogP contribution in [0.15, 0.2) is 18.2 Å². The number of halogens is 1. The van der Waals surface area contributed by atoms with Crippen molar-refractivity contribution in [3.8, 4) is 0 Å². The van der Waals surface area contributed by atoms with Crippen LogP contribution in [0.4, 0.5) is 0 Å². The average molecular weight is 412 g/mol. The van der Waals surface area contributed by atoms with Gasteiger partial charge < -0.3 is 0 Å². The van der Waals surface area contributed by atoms with Crippen molar-refractivity contribution in [2.45, 2.75) is 9.16 Å². The van der Waals surface area contributed by atoms with Crippen LogP contribution in [-0.2, 0) is 0 Å². The Hall–Kier alpha value is 1.35. The van der Waals surface area contributed by atoms with Crippen LogP contribution in [-0.4, -0.2) is 23.0 Å². The summed E-state index contributed by atoms with van der Waals surface area (Å²) in [6.07, 6.45) is 0. The third kappa shape index (κ3) is 3.09. The molecule has 0 bridgehead atoms. The molecule has 2 aliphatic heterocycles. The van der Waals surface area contributed by atoms with Gasteiger partial charge in [0.15, 0.2) is 0 Å². The first-order valence-electron chi connectivity index (χ1n) is 5.60. The number of thioether (sulfide) groups is 4. The molecule has 17 heavy (non-hydrogen) atoms. The number of rotatable bonds is 2. The number of benzene rings is 1. The lowest BCUT2D eigenvalue weighted by Crippen LogP contribution is -1.93. The third-order valence-electron chi connectivity index (χ3n) is 2.79. The van der Waals surface area contributed by atoms with E-state index in [1.807, 2.05) is 0 Å². The predicted molar refractivity (Wildman–Crippen MR) is 94.5 cm³/mol. The van der Waals surface area contributed by atoms with Crippen molar-refractivity contribution in [1.29, 1.82) is 0 Å². The molecule has 92 valence electrons. The molecule has 0 saturated carbocycles. The van der Waals surface area contributed by atoms with E-state index in [0.717, 1.165) is 0 Å². The van der Waals surface area contributed by atoms with E-state index in [0.29, 0.717) is 9.16 Å². The summed E-state index contributed by atoms with van der Waals surface area (Å²) in [4.78, 5) is 0. The largest absolute Gasteiger partial charge is 0.142 e. The summed E-state index contributed by atoms with van der Waals surface area (Å²) in [5, 5.41) is 0. The zero-order chi connectivity index (χ0) is 11.7. The van der Waals surface area contributed by atoms with Crippen LogP contribution in [0.3, 0.4) is 0 Å². The molecule has 0 aliphatic carbocycles. The number of hydrogen-bond acceptors (Lipinski definition) is 4. The fourth-order valence-electron chi connectivity index (χ4n) is 1.97. The fraction of sp³-hybridized carbons (Fsp3) is 0.500. The molecule has 0 atom stereocenters. The Bertz CT molecular complexity index is 397. The molecule has 1 aromatic rings. The van der Waals surface area contributed by atoms with Gasteiger partial charge in [0.25, 0.3) is 0 Å². The van der Waals surface area contributed by atoms with Crippen molar-refractivity contribution < 1.29 is 0 Å². The van der Waals surface area contributed by atoms with Crippen molar-refractivity contribution in [2.75, 3.05) is 23.0 Å². The van der Waals surface area contributed by atoms with Crippen LogP contribution in [0.2, 0.25) is 0 Å². The smallest absolute Gasteiger partial charge is 0.0762 e. The maximum Gasteiger partial charge on any atom is 0.0762 e. The van der Waals surface area contributed by atoms with Crippen LogP contribution in [0, 0.1) is 3.57 Å². The standard InChI is InChI=1S/C12H13IS4/c13-10-7-8(11-14-3-4-15-11)1-2-9(10)12-16-5-6-17-12/h1-2,7,11-12H,3-6H2. The molecule has 1 aromatic carbocycles. The summed E-state index contributed by atoms with van der Waals surface area (Å²) in [6, 6.07) is 7.13. The van der Waals surface area contributed by atoms with Gasteiger partial charge in [-0.05, 0) is 39.8 Å². The van der Waals surface area contributed by atoms with Crippen molar-refractivity contribution in [3.05, 3.63) is 32.9 Å². The highest BCUT2D eigenvalue weighted by atomic mass is 127. The third-order valence-corrected chi connectivity index (χ3v) is 9.90. The Kier molecular flexibility index (Phi) is 4.86. The molecular formula is C12H13IS4. The van der Waals surface area contributed by atoms with E-state index in [1.165, 1.54) is 37.7 Å². The summed E-state index contributed by atoms with van der Waals surface area (Å²) in [6.45, 7) is 0. The first-order chi connectivity index (χ1) is 8.34. The van der Waals surface area contributed by atoms with E-state index in [-0.39, 0.29) is 0 Å². The van der Waals surface area contributed by atoms with E-state index in [4.69, 9.17) is 0 Å². The van der Waals surface area contributed by atoms with Crippen LogP contribution >= 0.6 is 69.6 Å². The molecule has 5 heteroatoms. The molecule has 2 aliphatic rings. The lowest BCUT2D eigenvalue weighted by atomic mass is 10.2. The highest BCUT2D eigenvalue weighted by molar-refractivity contribution is 14.1. The lowest BCUT2D eigenvalue weighted by Gasteiger charge is -2.14. The van der Waals surface area contributed by atoms with Crippen molar-refractivity contribution in [3.63, 3.8) is 0 Å². The summed E-state index contributed by atoms with van der Waals surface area (Å²) in [5.74, 6) is 5.23. The van der Waals surface area contributed by atoms with E-state index in [9.17, 15) is 0 Å². The first-order valence-corrected chi connectivity index (χ1v) is 10.9. The molecule has 0 unspecified atom stereocenters. The van der Waals surface area contributed by atoms with Gasteiger partial charge in [0.1, 0.15) is 0 Å². The monoisotopic (exact) mass is 412 g/mol. The normalized spacial score (nSPS) is 22.4. The van der Waals surface area contributed by atoms with Gasteiger partial charge in [-0.2, -0.15) is 0 Å². The minimum absolute atomic E-state index is 0.680. The molecule has 0 amide bonds. The van der Waals surface area contributed by atoms with Crippen LogP contribution in [0.5, 0.6) is 0 Å². The van der Waals surface area contributed by atoms with Crippen LogP contribution < -0.4 is 0 Å². The minimum Gasteiger partial charge on any atom is -0.142 e. The minimum atomic E-state index is 0.680. The van der Waals surface area contributed by atoms with Gasteiger partial charge in [-0.25, -0.2) is 0 Å². The predicted octanol–water partition coefficient (Wildman–Crippen LogP) is 5.25. The Morgan fingerprint density at radius 1 is 0.882 bits per heavy atom. The molecule has 2 heterocycles. The molecule has 0 radical (unpaired) electrons. The molecule has 2 saturated heterocycles. The molecular weight excluding hydrogens is 399 g/mol. The Labute approximate surface area is 133 Å². The average Bonchev–Trinajstić information content (AvgIpc) is 3.02. The van der Waals surface area contributed by atoms with Crippen molar-refractivity contribution >= 4 is 69.6 Å². The zero-order valence-corrected chi connectivity index (χ0v) is 14.6. The zero-order valence-electron chi connectivity index (χ0n) is 9.23. The SMILES string of the molecule is Ic1cc(C2SCCS2)ccc1C1SCCS1. The molecule has 0 N–H and O–H groups in total. The summed E-state index contributed by atoms with van der Waals surface area (Å²) in [7, 11) is 0. The van der Waals surface area contributed by atoms with Gasteiger partial charge in [0.2, 0.25) is 0 Å². The highest BCUT2D eigenvalue weighted by Crippen LogP contribution is 2.49. The Morgan fingerprint density at radius 3 is 2.06 bits per heavy atom. The van der Waals surface area contributed by atoms with E-state index < -0.39 is 0 Å². The van der Waals surface area contributed by atoms with E-state index >= 15 is 0 Å². The Morgan fingerprint density at radius 2 is 1.47 bits per heavy atom. The van der Waals surface area contributed by atoms with Gasteiger partial charge in [-0.3, -0.25) is 0 Å². The van der Waals surface area contributed by atoms with Gasteiger partial charge >= 0.3 is 0 Å². The van der Waals surface area contributed by atoms with Gasteiger partial charge in [0, 0.05) is 26.6 Å². The maximum absolute atomic E-state index is 2.52. The van der Waals surface area contributed by atoms with E-state index in [1.54, 1.807) is 0 Å². The molecule has 2 fully saturated rings. The second-order valence-electron chi connectivity index (χ2n) is 3.93. The molecule has 0 aromatic heterocycles. The van der Waals surface area contributed by atoms with Crippen molar-refractivity contribution in [2.24, 2.45) is 0 Å². The summed E-state index contributed by atoms with van der Waals surface area (Å²) < 4.78 is 2.82.